The molecule has 0 aliphatic carbocycles. The number of ether oxygens (including phenoxy) is 1. The lowest BCUT2D eigenvalue weighted by atomic mass is 10.3. The van der Waals surface area contributed by atoms with Gasteiger partial charge in [0.05, 0.1) is 6.54 Å². The molecule has 26 heavy (non-hydrogen) atoms. The lowest BCUT2D eigenvalue weighted by Crippen LogP contribution is -2.25. The molecule has 3 heterocycles. The maximum absolute atomic E-state index is 12.9. The first-order chi connectivity index (χ1) is 12.7. The molecule has 0 radical (unpaired) electrons. The van der Waals surface area contributed by atoms with Gasteiger partial charge in [-0.2, -0.15) is 15.9 Å². The molecule has 0 spiro atoms. The molecule has 0 aliphatic heterocycles. The van der Waals surface area contributed by atoms with Crippen LogP contribution >= 0.6 is 11.3 Å². The number of likely N-dealkylation sites (N-methyl/N-ethyl adjacent to an activating group) is 1. The molecule has 0 bridgehead atoms. The summed E-state index contributed by atoms with van der Waals surface area (Å²) in [6, 6.07) is 11.8. The molecule has 0 atom stereocenters. The van der Waals surface area contributed by atoms with E-state index in [-0.39, 0.29) is 5.82 Å². The number of aromatic nitrogens is 4. The molecule has 0 fully saturated rings. The van der Waals surface area contributed by atoms with Gasteiger partial charge in [0.25, 0.3) is 0 Å². The van der Waals surface area contributed by atoms with Crippen molar-refractivity contribution in [2.24, 2.45) is 0 Å². The Balaban J connectivity index is 1.47. The van der Waals surface area contributed by atoms with Crippen LogP contribution in [0.5, 0.6) is 5.75 Å². The fourth-order valence-electron chi connectivity index (χ4n) is 2.50. The Morgan fingerprint density at radius 1 is 1.12 bits per heavy atom. The van der Waals surface area contributed by atoms with Crippen LogP contribution in [0.25, 0.3) is 17.0 Å². The second-order valence-electron chi connectivity index (χ2n) is 5.72. The summed E-state index contributed by atoms with van der Waals surface area (Å²) in [6.45, 7) is 1.09. The Morgan fingerprint density at radius 3 is 2.73 bits per heavy atom. The first-order valence-electron chi connectivity index (χ1n) is 8.05. The molecule has 0 unspecified atom stereocenters. The summed E-state index contributed by atoms with van der Waals surface area (Å²) in [7, 11) is 1.94. The van der Waals surface area contributed by atoms with Gasteiger partial charge >= 0.3 is 0 Å². The standard InChI is InChI=1S/C18H16FN5OS/c1-23(9-10-25-15-4-2-14(19)3-5-15)17-7-6-16-20-21-18(24(16)22-17)13-8-11-26-12-13/h2-8,11-12H,9-10H2,1H3. The van der Waals surface area contributed by atoms with E-state index in [1.54, 1.807) is 28.0 Å². The van der Waals surface area contributed by atoms with Crippen molar-refractivity contribution < 1.29 is 9.13 Å². The molecule has 0 saturated heterocycles. The van der Waals surface area contributed by atoms with E-state index in [1.807, 2.05) is 40.9 Å². The van der Waals surface area contributed by atoms with Crippen LogP contribution < -0.4 is 9.64 Å². The molecule has 132 valence electrons. The number of rotatable bonds is 6. The van der Waals surface area contributed by atoms with Gasteiger partial charge in [-0.15, -0.1) is 15.3 Å². The van der Waals surface area contributed by atoms with Crippen molar-refractivity contribution in [3.8, 4) is 17.1 Å². The highest BCUT2D eigenvalue weighted by Crippen LogP contribution is 2.21. The Morgan fingerprint density at radius 2 is 1.96 bits per heavy atom. The summed E-state index contributed by atoms with van der Waals surface area (Å²) in [5.74, 6) is 1.87. The zero-order chi connectivity index (χ0) is 17.9. The average Bonchev–Trinajstić information content (AvgIpc) is 3.31. The predicted octanol–water partition coefficient (Wildman–Crippen LogP) is 3.51. The van der Waals surface area contributed by atoms with Gasteiger partial charge in [-0.05, 0) is 47.8 Å². The molecule has 0 aliphatic rings. The van der Waals surface area contributed by atoms with Gasteiger partial charge < -0.3 is 9.64 Å². The summed E-state index contributed by atoms with van der Waals surface area (Å²) in [6.07, 6.45) is 0. The topological polar surface area (TPSA) is 55.5 Å². The molecule has 8 heteroatoms. The fourth-order valence-corrected chi connectivity index (χ4v) is 3.13. The zero-order valence-corrected chi connectivity index (χ0v) is 14.9. The maximum Gasteiger partial charge on any atom is 0.186 e. The number of hydrogen-bond donors (Lipinski definition) is 0. The number of halogens is 1. The van der Waals surface area contributed by atoms with Crippen molar-refractivity contribution >= 4 is 22.8 Å². The summed E-state index contributed by atoms with van der Waals surface area (Å²) >= 11 is 1.61. The van der Waals surface area contributed by atoms with Crippen LogP contribution in [-0.2, 0) is 0 Å². The van der Waals surface area contributed by atoms with E-state index < -0.39 is 0 Å². The van der Waals surface area contributed by atoms with Gasteiger partial charge in [-0.3, -0.25) is 0 Å². The third-order valence-corrected chi connectivity index (χ3v) is 4.61. The van der Waals surface area contributed by atoms with Gasteiger partial charge in [0.1, 0.15) is 24.0 Å². The largest absolute Gasteiger partial charge is 0.492 e. The van der Waals surface area contributed by atoms with Crippen molar-refractivity contribution in [1.29, 1.82) is 0 Å². The predicted molar refractivity (Wildman–Crippen MR) is 99.3 cm³/mol. The van der Waals surface area contributed by atoms with E-state index in [2.05, 4.69) is 15.3 Å². The Labute approximate surface area is 153 Å². The highest BCUT2D eigenvalue weighted by molar-refractivity contribution is 7.08. The van der Waals surface area contributed by atoms with Crippen LogP contribution in [0.2, 0.25) is 0 Å². The Kier molecular flexibility index (Phi) is 4.49. The van der Waals surface area contributed by atoms with Crippen LogP contribution in [0, 0.1) is 5.82 Å². The average molecular weight is 369 g/mol. The van der Waals surface area contributed by atoms with Crippen LogP contribution in [-0.4, -0.2) is 40.0 Å². The molecule has 0 N–H and O–H groups in total. The molecular weight excluding hydrogens is 353 g/mol. The molecule has 1 aromatic carbocycles. The quantitative estimate of drug-likeness (QED) is 0.521. The normalized spacial score (nSPS) is 11.0. The first kappa shape index (κ1) is 16.5. The molecule has 6 nitrogen and oxygen atoms in total. The highest BCUT2D eigenvalue weighted by Gasteiger charge is 2.12. The van der Waals surface area contributed by atoms with Crippen molar-refractivity contribution in [1.82, 2.24) is 19.8 Å². The van der Waals surface area contributed by atoms with Crippen LogP contribution in [0.15, 0.2) is 53.2 Å². The molecule has 0 amide bonds. The van der Waals surface area contributed by atoms with Gasteiger partial charge in [0, 0.05) is 18.0 Å². The molecule has 4 rings (SSSR count). The van der Waals surface area contributed by atoms with E-state index in [0.29, 0.717) is 24.5 Å². The lowest BCUT2D eigenvalue weighted by molar-refractivity contribution is 0.325. The molecule has 0 saturated carbocycles. The molecule has 3 aromatic heterocycles. The maximum atomic E-state index is 12.9. The molecule has 4 aromatic rings. The SMILES string of the molecule is CN(CCOc1ccc(F)cc1)c1ccc2nnc(-c3ccsc3)n2n1. The van der Waals surface area contributed by atoms with Gasteiger partial charge in [0.2, 0.25) is 0 Å². The third-order valence-electron chi connectivity index (χ3n) is 3.93. The van der Waals surface area contributed by atoms with Gasteiger partial charge in [-0.1, -0.05) is 0 Å². The number of fused-ring (bicyclic) bond motifs is 1. The van der Waals surface area contributed by atoms with Crippen LogP contribution in [0.1, 0.15) is 0 Å². The smallest absolute Gasteiger partial charge is 0.186 e. The van der Waals surface area contributed by atoms with Crippen molar-refractivity contribution in [3.05, 3.63) is 59.0 Å². The number of benzene rings is 1. The summed E-state index contributed by atoms with van der Waals surface area (Å²) in [5.41, 5.74) is 1.69. The third kappa shape index (κ3) is 3.36. The van der Waals surface area contributed by atoms with Gasteiger partial charge in [0.15, 0.2) is 11.5 Å². The Hall–Kier alpha value is -3.00. The highest BCUT2D eigenvalue weighted by atomic mass is 32.1. The Bertz CT molecular complexity index is 1000. The minimum atomic E-state index is -0.276. The number of hydrogen-bond acceptors (Lipinski definition) is 6. The monoisotopic (exact) mass is 369 g/mol. The number of thiophene rings is 1. The number of anilines is 1. The second-order valence-corrected chi connectivity index (χ2v) is 6.50. The van der Waals surface area contributed by atoms with Crippen LogP contribution in [0.3, 0.4) is 0 Å². The zero-order valence-electron chi connectivity index (χ0n) is 14.0. The lowest BCUT2D eigenvalue weighted by Gasteiger charge is -2.18. The first-order valence-corrected chi connectivity index (χ1v) is 8.99. The van der Waals surface area contributed by atoms with Gasteiger partial charge in [-0.25, -0.2) is 4.39 Å². The van der Waals surface area contributed by atoms with Crippen molar-refractivity contribution in [2.45, 2.75) is 0 Å². The summed E-state index contributed by atoms with van der Waals surface area (Å²) < 4.78 is 20.3. The summed E-state index contributed by atoms with van der Waals surface area (Å²) in [4.78, 5) is 1.99. The fraction of sp³-hybridized carbons (Fsp3) is 0.167. The second kappa shape index (κ2) is 7.09. The van der Waals surface area contributed by atoms with E-state index >= 15 is 0 Å². The van der Waals surface area contributed by atoms with E-state index in [4.69, 9.17) is 4.74 Å². The minimum absolute atomic E-state index is 0.276. The summed E-state index contributed by atoms with van der Waals surface area (Å²) in [5, 5.41) is 17.1. The number of nitrogens with zero attached hydrogens (tertiary/aromatic N) is 5. The van der Waals surface area contributed by atoms with E-state index in [0.717, 1.165) is 17.2 Å². The molecular formula is C18H16FN5OS. The minimum Gasteiger partial charge on any atom is -0.492 e. The van der Waals surface area contributed by atoms with Crippen LogP contribution in [0.4, 0.5) is 10.2 Å². The van der Waals surface area contributed by atoms with Crippen molar-refractivity contribution in [3.63, 3.8) is 0 Å². The van der Waals surface area contributed by atoms with E-state index in [1.165, 1.54) is 12.1 Å². The van der Waals surface area contributed by atoms with Crippen molar-refractivity contribution in [2.75, 3.05) is 25.1 Å². The van der Waals surface area contributed by atoms with E-state index in [9.17, 15) is 4.39 Å².